The van der Waals surface area contributed by atoms with E-state index < -0.39 is 0 Å². The van der Waals surface area contributed by atoms with Gasteiger partial charge in [-0.25, -0.2) is 9.67 Å². The molecule has 1 saturated heterocycles. The fraction of sp³-hybridized carbons (Fsp3) is 0.261. The second-order valence-corrected chi connectivity index (χ2v) is 9.42. The van der Waals surface area contributed by atoms with Crippen LogP contribution in [0.5, 0.6) is 0 Å². The van der Waals surface area contributed by atoms with E-state index in [2.05, 4.69) is 27.0 Å². The number of carbonyl (C=O) groups is 1. The van der Waals surface area contributed by atoms with Crippen molar-refractivity contribution in [3.05, 3.63) is 75.9 Å². The Morgan fingerprint density at radius 2 is 1.97 bits per heavy atom. The molecule has 31 heavy (non-hydrogen) atoms. The maximum absolute atomic E-state index is 13.0. The van der Waals surface area contributed by atoms with Crippen molar-refractivity contribution in [2.24, 2.45) is 0 Å². The lowest BCUT2D eigenvalue weighted by molar-refractivity contribution is -0.129. The number of carbonyl (C=O) groups excluding carboxylic acids is 1. The van der Waals surface area contributed by atoms with Crippen LogP contribution in [-0.4, -0.2) is 38.7 Å². The first-order valence-corrected chi connectivity index (χ1v) is 12.0. The van der Waals surface area contributed by atoms with Gasteiger partial charge >= 0.3 is 0 Å². The van der Waals surface area contributed by atoms with Gasteiger partial charge in [-0.05, 0) is 37.4 Å². The van der Waals surface area contributed by atoms with Crippen molar-refractivity contribution < 1.29 is 4.79 Å². The summed E-state index contributed by atoms with van der Waals surface area (Å²) >= 11 is 3.35. The number of hydrogen-bond donors (Lipinski definition) is 1. The van der Waals surface area contributed by atoms with Gasteiger partial charge in [0.15, 0.2) is 0 Å². The Hall–Kier alpha value is -2.81. The monoisotopic (exact) mass is 449 g/mol. The maximum atomic E-state index is 13.0. The van der Waals surface area contributed by atoms with E-state index in [-0.39, 0.29) is 11.9 Å². The molecule has 1 unspecified atom stereocenters. The number of aromatic nitrogens is 3. The van der Waals surface area contributed by atoms with Crippen LogP contribution in [0.15, 0.2) is 53.2 Å². The summed E-state index contributed by atoms with van der Waals surface area (Å²) < 4.78 is 1.93. The molecule has 1 amide bonds. The number of rotatable bonds is 5. The Morgan fingerprint density at radius 3 is 2.74 bits per heavy atom. The molecule has 1 aromatic carbocycles. The minimum atomic E-state index is -0.377. The molecule has 3 aromatic heterocycles. The molecule has 0 radical (unpaired) electrons. The largest absolute Gasteiger partial charge is 0.353 e. The SMILES string of the molecule is Cc1nn(-c2ccccc2)c(C)c1C1C(=O)NCCN1Cc1csc(-c2cccs2)n1. The van der Waals surface area contributed by atoms with Crippen molar-refractivity contribution in [2.45, 2.75) is 26.4 Å². The van der Waals surface area contributed by atoms with Crippen molar-refractivity contribution in [3.8, 4) is 15.6 Å². The molecule has 5 rings (SSSR count). The highest BCUT2D eigenvalue weighted by Gasteiger charge is 2.35. The highest BCUT2D eigenvalue weighted by atomic mass is 32.1. The number of thiazole rings is 1. The lowest BCUT2D eigenvalue weighted by atomic mass is 10.00. The lowest BCUT2D eigenvalue weighted by Crippen LogP contribution is -2.49. The number of aryl methyl sites for hydroxylation is 1. The number of nitrogens with zero attached hydrogens (tertiary/aromatic N) is 4. The van der Waals surface area contributed by atoms with E-state index in [0.717, 1.165) is 39.9 Å². The average molecular weight is 450 g/mol. The van der Waals surface area contributed by atoms with Gasteiger partial charge in [0, 0.05) is 36.3 Å². The summed E-state index contributed by atoms with van der Waals surface area (Å²) in [6.45, 7) is 6.08. The van der Waals surface area contributed by atoms with E-state index in [1.165, 1.54) is 4.88 Å². The van der Waals surface area contributed by atoms with Crippen LogP contribution in [0, 0.1) is 13.8 Å². The quantitative estimate of drug-likeness (QED) is 0.492. The van der Waals surface area contributed by atoms with Crippen molar-refractivity contribution in [3.63, 3.8) is 0 Å². The average Bonchev–Trinajstić information content (AvgIpc) is 3.51. The zero-order chi connectivity index (χ0) is 21.4. The number of thiophene rings is 1. The van der Waals surface area contributed by atoms with E-state index in [1.807, 2.05) is 54.9 Å². The van der Waals surface area contributed by atoms with Crippen LogP contribution in [0.1, 0.15) is 28.7 Å². The van der Waals surface area contributed by atoms with Crippen molar-refractivity contribution in [2.75, 3.05) is 13.1 Å². The molecule has 0 saturated carbocycles. The molecule has 4 aromatic rings. The smallest absolute Gasteiger partial charge is 0.242 e. The molecule has 1 fully saturated rings. The van der Waals surface area contributed by atoms with E-state index in [9.17, 15) is 4.79 Å². The van der Waals surface area contributed by atoms with E-state index >= 15 is 0 Å². The van der Waals surface area contributed by atoms with Crippen LogP contribution >= 0.6 is 22.7 Å². The van der Waals surface area contributed by atoms with Gasteiger partial charge in [0.1, 0.15) is 11.0 Å². The van der Waals surface area contributed by atoms with Crippen LogP contribution in [0.25, 0.3) is 15.6 Å². The van der Waals surface area contributed by atoms with E-state index in [0.29, 0.717) is 13.1 Å². The molecule has 1 aliphatic rings. The minimum absolute atomic E-state index is 0.0266. The molecule has 0 spiro atoms. The van der Waals surface area contributed by atoms with Crippen LogP contribution in [0.2, 0.25) is 0 Å². The van der Waals surface area contributed by atoms with Crippen molar-refractivity contribution >= 4 is 28.6 Å². The summed E-state index contributed by atoms with van der Waals surface area (Å²) in [6.07, 6.45) is 0. The summed E-state index contributed by atoms with van der Waals surface area (Å²) in [5, 5.41) is 13.0. The normalized spacial score (nSPS) is 17.1. The van der Waals surface area contributed by atoms with Crippen molar-refractivity contribution in [1.82, 2.24) is 25.0 Å². The molecule has 8 heteroatoms. The molecule has 4 heterocycles. The third-order valence-electron chi connectivity index (χ3n) is 5.58. The van der Waals surface area contributed by atoms with Crippen LogP contribution in [0.4, 0.5) is 0 Å². The zero-order valence-corrected chi connectivity index (χ0v) is 19.0. The predicted molar refractivity (Wildman–Crippen MR) is 125 cm³/mol. The van der Waals surface area contributed by atoms with E-state index in [4.69, 9.17) is 10.1 Å². The van der Waals surface area contributed by atoms with Gasteiger partial charge in [0.25, 0.3) is 0 Å². The van der Waals surface area contributed by atoms with Gasteiger partial charge in [-0.15, -0.1) is 22.7 Å². The Kier molecular flexibility index (Phi) is 5.43. The topological polar surface area (TPSA) is 63.1 Å². The first-order chi connectivity index (χ1) is 15.1. The van der Waals surface area contributed by atoms with Gasteiger partial charge in [-0.2, -0.15) is 5.10 Å². The van der Waals surface area contributed by atoms with Crippen LogP contribution in [0.3, 0.4) is 0 Å². The van der Waals surface area contributed by atoms with Gasteiger partial charge in [0.05, 0.1) is 22.0 Å². The summed E-state index contributed by atoms with van der Waals surface area (Å²) in [7, 11) is 0. The molecular formula is C23H23N5OS2. The Morgan fingerprint density at radius 1 is 1.13 bits per heavy atom. The maximum Gasteiger partial charge on any atom is 0.242 e. The molecular weight excluding hydrogens is 426 g/mol. The predicted octanol–water partition coefficient (Wildman–Crippen LogP) is 4.35. The summed E-state index contributed by atoms with van der Waals surface area (Å²) in [6, 6.07) is 13.8. The van der Waals surface area contributed by atoms with E-state index in [1.54, 1.807) is 22.7 Å². The summed E-state index contributed by atoms with van der Waals surface area (Å²) in [5.41, 5.74) is 4.85. The Labute approximate surface area is 189 Å². The number of nitrogens with one attached hydrogen (secondary N) is 1. The minimum Gasteiger partial charge on any atom is -0.353 e. The van der Waals surface area contributed by atoms with Gasteiger partial charge < -0.3 is 5.32 Å². The fourth-order valence-electron chi connectivity index (χ4n) is 4.17. The number of hydrogen-bond acceptors (Lipinski definition) is 6. The van der Waals surface area contributed by atoms with Crippen LogP contribution < -0.4 is 5.32 Å². The summed E-state index contributed by atoms with van der Waals surface area (Å²) in [4.78, 5) is 21.3. The number of benzene rings is 1. The van der Waals surface area contributed by atoms with Gasteiger partial charge in [0.2, 0.25) is 5.91 Å². The molecule has 158 valence electrons. The summed E-state index contributed by atoms with van der Waals surface area (Å²) in [5.74, 6) is 0.0266. The Bertz CT molecular complexity index is 1200. The molecule has 1 atom stereocenters. The van der Waals surface area contributed by atoms with Crippen molar-refractivity contribution in [1.29, 1.82) is 0 Å². The molecule has 0 aliphatic carbocycles. The standard InChI is InChI=1S/C23H23N5OS2/c1-15-20(16(2)28(26-15)18-7-4-3-5-8-18)21-22(29)24-10-11-27(21)13-17-14-31-23(25-17)19-9-6-12-30-19/h3-9,12,14,21H,10-11,13H2,1-2H3,(H,24,29). The highest BCUT2D eigenvalue weighted by Crippen LogP contribution is 2.33. The molecule has 6 nitrogen and oxygen atoms in total. The number of amides is 1. The molecule has 1 N–H and O–H groups in total. The molecule has 0 bridgehead atoms. The zero-order valence-electron chi connectivity index (χ0n) is 17.4. The second kappa shape index (κ2) is 8.37. The highest BCUT2D eigenvalue weighted by molar-refractivity contribution is 7.20. The number of piperazine rings is 1. The van der Waals surface area contributed by atoms with Crippen LogP contribution in [-0.2, 0) is 11.3 Å². The lowest BCUT2D eigenvalue weighted by Gasteiger charge is -2.35. The first kappa shape index (κ1) is 20.1. The third-order valence-corrected chi connectivity index (χ3v) is 7.51. The fourth-order valence-corrected chi connectivity index (χ4v) is 5.80. The second-order valence-electron chi connectivity index (χ2n) is 7.62. The van der Waals surface area contributed by atoms with Gasteiger partial charge in [-0.1, -0.05) is 24.3 Å². The number of para-hydroxylation sites is 1. The third kappa shape index (κ3) is 3.82. The molecule has 1 aliphatic heterocycles. The Balaban J connectivity index is 1.47. The first-order valence-electron chi connectivity index (χ1n) is 10.2. The van der Waals surface area contributed by atoms with Gasteiger partial charge in [-0.3, -0.25) is 9.69 Å².